The van der Waals surface area contributed by atoms with Gasteiger partial charge in [-0.05, 0) is 38.1 Å². The highest BCUT2D eigenvalue weighted by Crippen LogP contribution is 2.07. The van der Waals surface area contributed by atoms with Gasteiger partial charge in [-0.15, -0.1) is 5.10 Å². The molecule has 0 saturated carbocycles. The molecule has 128 valence electrons. The van der Waals surface area contributed by atoms with Crippen LogP contribution in [0.15, 0.2) is 47.4 Å². The lowest BCUT2D eigenvalue weighted by Crippen LogP contribution is -2.33. The Morgan fingerprint density at radius 3 is 2.68 bits per heavy atom. The van der Waals surface area contributed by atoms with E-state index >= 15 is 0 Å². The summed E-state index contributed by atoms with van der Waals surface area (Å²) in [6, 6.07) is 10.3. The summed E-state index contributed by atoms with van der Waals surface area (Å²) in [5.41, 5.74) is 2.14. The fraction of sp³-hybridized carbons (Fsp3) is 0.235. The Hall–Kier alpha value is -3.29. The molecule has 0 saturated heterocycles. The van der Waals surface area contributed by atoms with Crippen molar-refractivity contribution in [2.45, 2.75) is 26.9 Å². The molecule has 0 radical (unpaired) electrons. The first kappa shape index (κ1) is 16.6. The monoisotopic (exact) mass is 338 g/mol. The minimum atomic E-state index is -0.349. The van der Waals surface area contributed by atoms with Gasteiger partial charge in [0.15, 0.2) is 5.82 Å². The summed E-state index contributed by atoms with van der Waals surface area (Å²) in [5, 5.41) is 11.3. The SMILES string of the molecule is Cc1cc(C)n(-c2ccc(=O)n(CC(=O)NCc3ccccn3)n2)n1. The first-order valence-electron chi connectivity index (χ1n) is 7.81. The molecule has 0 fully saturated rings. The number of hydrogen-bond donors (Lipinski definition) is 1. The molecule has 0 atom stereocenters. The van der Waals surface area contributed by atoms with Crippen LogP contribution in [-0.2, 0) is 17.9 Å². The van der Waals surface area contributed by atoms with E-state index in [9.17, 15) is 9.59 Å². The lowest BCUT2D eigenvalue weighted by molar-refractivity contribution is -0.122. The van der Waals surface area contributed by atoms with Crippen molar-refractivity contribution in [1.29, 1.82) is 0 Å². The normalized spacial score (nSPS) is 10.6. The Morgan fingerprint density at radius 1 is 1.16 bits per heavy atom. The van der Waals surface area contributed by atoms with Crippen LogP contribution >= 0.6 is 0 Å². The quantitative estimate of drug-likeness (QED) is 0.741. The topological polar surface area (TPSA) is 94.7 Å². The minimum Gasteiger partial charge on any atom is -0.349 e. The molecular weight excluding hydrogens is 320 g/mol. The zero-order chi connectivity index (χ0) is 17.8. The maximum absolute atomic E-state index is 12.1. The Balaban J connectivity index is 1.73. The molecule has 3 aromatic heterocycles. The molecule has 3 heterocycles. The molecule has 0 aliphatic carbocycles. The Kier molecular flexibility index (Phi) is 4.69. The number of aromatic nitrogens is 5. The van der Waals surface area contributed by atoms with Crippen molar-refractivity contribution < 1.29 is 4.79 Å². The standard InChI is InChI=1S/C17H18N6O2/c1-12-9-13(2)23(20-12)15-6-7-17(25)22(21-15)11-16(24)19-10-14-5-3-4-8-18-14/h3-9H,10-11H2,1-2H3,(H,19,24). The van der Waals surface area contributed by atoms with Crippen molar-refractivity contribution in [3.8, 4) is 5.82 Å². The van der Waals surface area contributed by atoms with Gasteiger partial charge in [0.25, 0.3) is 5.56 Å². The third-order valence-electron chi connectivity index (χ3n) is 3.57. The van der Waals surface area contributed by atoms with Gasteiger partial charge in [0.1, 0.15) is 6.54 Å². The van der Waals surface area contributed by atoms with Gasteiger partial charge in [-0.25, -0.2) is 9.36 Å². The predicted molar refractivity (Wildman–Crippen MR) is 91.2 cm³/mol. The second-order valence-electron chi connectivity index (χ2n) is 5.62. The third kappa shape index (κ3) is 3.97. The second-order valence-corrected chi connectivity index (χ2v) is 5.62. The van der Waals surface area contributed by atoms with Crippen LogP contribution in [0.3, 0.4) is 0 Å². The molecule has 3 rings (SSSR count). The Labute approximate surface area is 144 Å². The van der Waals surface area contributed by atoms with Gasteiger partial charge in [-0.1, -0.05) is 6.07 Å². The summed E-state index contributed by atoms with van der Waals surface area (Å²) in [4.78, 5) is 28.2. The fourth-order valence-electron chi connectivity index (χ4n) is 2.41. The first-order chi connectivity index (χ1) is 12.0. The van der Waals surface area contributed by atoms with Crippen molar-refractivity contribution >= 4 is 5.91 Å². The van der Waals surface area contributed by atoms with E-state index in [-0.39, 0.29) is 18.0 Å². The zero-order valence-corrected chi connectivity index (χ0v) is 14.0. The highest BCUT2D eigenvalue weighted by molar-refractivity contribution is 5.75. The molecule has 8 nitrogen and oxygen atoms in total. The first-order valence-corrected chi connectivity index (χ1v) is 7.81. The number of rotatable bonds is 5. The lowest BCUT2D eigenvalue weighted by Gasteiger charge is -2.09. The molecule has 0 aliphatic rings. The molecule has 25 heavy (non-hydrogen) atoms. The maximum Gasteiger partial charge on any atom is 0.267 e. The summed E-state index contributed by atoms with van der Waals surface area (Å²) in [5.74, 6) is 0.175. The van der Waals surface area contributed by atoms with E-state index in [1.807, 2.05) is 32.0 Å². The molecule has 0 bridgehead atoms. The largest absolute Gasteiger partial charge is 0.349 e. The van der Waals surface area contributed by atoms with E-state index in [2.05, 4.69) is 20.5 Å². The van der Waals surface area contributed by atoms with Crippen molar-refractivity contribution in [2.75, 3.05) is 0 Å². The highest BCUT2D eigenvalue weighted by Gasteiger charge is 2.10. The summed E-state index contributed by atoms with van der Waals surface area (Å²) >= 11 is 0. The Bertz CT molecular complexity index is 945. The lowest BCUT2D eigenvalue weighted by atomic mass is 10.3. The summed E-state index contributed by atoms with van der Waals surface area (Å²) in [7, 11) is 0. The van der Waals surface area contributed by atoms with Crippen LogP contribution in [0.5, 0.6) is 0 Å². The van der Waals surface area contributed by atoms with E-state index < -0.39 is 0 Å². The molecule has 1 N–H and O–H groups in total. The van der Waals surface area contributed by atoms with Crippen molar-refractivity contribution in [1.82, 2.24) is 29.9 Å². The van der Waals surface area contributed by atoms with Gasteiger partial charge in [0.2, 0.25) is 5.91 Å². The van der Waals surface area contributed by atoms with E-state index in [0.717, 1.165) is 21.8 Å². The van der Waals surface area contributed by atoms with Crippen molar-refractivity contribution in [3.63, 3.8) is 0 Å². The van der Waals surface area contributed by atoms with Crippen LogP contribution in [0.2, 0.25) is 0 Å². The number of pyridine rings is 1. The van der Waals surface area contributed by atoms with Gasteiger partial charge in [0.05, 0.1) is 17.9 Å². The van der Waals surface area contributed by atoms with Crippen molar-refractivity contribution in [2.24, 2.45) is 0 Å². The van der Waals surface area contributed by atoms with Crippen LogP contribution in [0.1, 0.15) is 17.1 Å². The number of carbonyl (C=O) groups is 1. The number of aryl methyl sites for hydroxylation is 2. The maximum atomic E-state index is 12.1. The molecule has 0 unspecified atom stereocenters. The van der Waals surface area contributed by atoms with Crippen LogP contribution in [0.4, 0.5) is 0 Å². The van der Waals surface area contributed by atoms with E-state index in [0.29, 0.717) is 12.4 Å². The van der Waals surface area contributed by atoms with Gasteiger partial charge in [0, 0.05) is 18.0 Å². The van der Waals surface area contributed by atoms with E-state index in [1.54, 1.807) is 23.0 Å². The minimum absolute atomic E-state index is 0.168. The van der Waals surface area contributed by atoms with Crippen LogP contribution in [-0.4, -0.2) is 30.5 Å². The Morgan fingerprint density at radius 2 is 2.00 bits per heavy atom. The summed E-state index contributed by atoms with van der Waals surface area (Å²) in [6.07, 6.45) is 1.66. The number of carbonyl (C=O) groups excluding carboxylic acids is 1. The molecule has 1 amide bonds. The number of amides is 1. The zero-order valence-electron chi connectivity index (χ0n) is 14.0. The van der Waals surface area contributed by atoms with Crippen LogP contribution < -0.4 is 10.9 Å². The van der Waals surface area contributed by atoms with Crippen LogP contribution in [0.25, 0.3) is 5.82 Å². The molecule has 0 aliphatic heterocycles. The summed E-state index contributed by atoms with van der Waals surface area (Å²) < 4.78 is 2.76. The third-order valence-corrected chi connectivity index (χ3v) is 3.57. The van der Waals surface area contributed by atoms with E-state index in [4.69, 9.17) is 0 Å². The number of nitrogens with one attached hydrogen (secondary N) is 1. The average Bonchev–Trinajstić information content (AvgIpc) is 2.94. The molecule has 8 heteroatoms. The number of nitrogens with zero attached hydrogens (tertiary/aromatic N) is 5. The smallest absolute Gasteiger partial charge is 0.267 e. The second kappa shape index (κ2) is 7.08. The molecule has 3 aromatic rings. The highest BCUT2D eigenvalue weighted by atomic mass is 16.2. The van der Waals surface area contributed by atoms with Gasteiger partial charge >= 0.3 is 0 Å². The molecular formula is C17H18N6O2. The van der Waals surface area contributed by atoms with Gasteiger partial charge in [-0.2, -0.15) is 5.10 Å². The molecule has 0 aromatic carbocycles. The fourth-order valence-corrected chi connectivity index (χ4v) is 2.41. The molecule has 0 spiro atoms. The van der Waals surface area contributed by atoms with Crippen LogP contribution in [0, 0.1) is 13.8 Å². The summed E-state index contributed by atoms with van der Waals surface area (Å²) in [6.45, 7) is 3.91. The van der Waals surface area contributed by atoms with E-state index in [1.165, 1.54) is 6.07 Å². The predicted octanol–water partition coefficient (Wildman–Crippen LogP) is 0.757. The number of hydrogen-bond acceptors (Lipinski definition) is 5. The van der Waals surface area contributed by atoms with Crippen molar-refractivity contribution in [3.05, 3.63) is 70.0 Å². The van der Waals surface area contributed by atoms with Gasteiger partial charge < -0.3 is 5.32 Å². The average molecular weight is 338 g/mol. The van der Waals surface area contributed by atoms with Gasteiger partial charge in [-0.3, -0.25) is 14.6 Å².